The average Bonchev–Trinajstić information content (AvgIpc) is 2.41. The van der Waals surface area contributed by atoms with Gasteiger partial charge in [0.05, 0.1) is 10.6 Å². The van der Waals surface area contributed by atoms with Crippen molar-refractivity contribution in [1.82, 2.24) is 0 Å². The van der Waals surface area contributed by atoms with Crippen LogP contribution in [0.25, 0.3) is 0 Å². The molecule has 0 heterocycles. The van der Waals surface area contributed by atoms with Crippen molar-refractivity contribution in [3.8, 4) is 5.75 Å². The van der Waals surface area contributed by atoms with Gasteiger partial charge in [0.25, 0.3) is 0 Å². The second kappa shape index (κ2) is 8.68. The predicted octanol–water partition coefficient (Wildman–Crippen LogP) is 6.72. The third-order valence-corrected chi connectivity index (χ3v) is 9.88. The summed E-state index contributed by atoms with van der Waals surface area (Å²) in [5.74, 6) is 0.940. The molecule has 0 aliphatic heterocycles. The highest BCUT2D eigenvalue weighted by Crippen LogP contribution is 2.36. The Labute approximate surface area is 152 Å². The molecule has 4 heteroatoms. The van der Waals surface area contributed by atoms with E-state index >= 15 is 0 Å². The maximum absolute atomic E-state index is 6.22. The highest BCUT2D eigenvalue weighted by molar-refractivity contribution is 9.10. The summed E-state index contributed by atoms with van der Waals surface area (Å²) in [5.41, 5.74) is 1.22. The van der Waals surface area contributed by atoms with Crippen LogP contribution in [-0.4, -0.2) is 21.0 Å². The van der Waals surface area contributed by atoms with Gasteiger partial charge in [-0.3, -0.25) is 0 Å². The predicted molar refractivity (Wildman–Crippen MR) is 106 cm³/mol. The van der Waals surface area contributed by atoms with E-state index in [1.165, 1.54) is 5.56 Å². The van der Waals surface area contributed by atoms with Crippen molar-refractivity contribution in [2.45, 2.75) is 78.1 Å². The standard InChI is InChI=1S/C19H33BrO2Si/c1-15-11-12-17(20)18(14-15)22-16(2)10-8-9-13-21-23(6,7)19(3,4)5/h11-12,14,16H,8-10,13H2,1-7H3/t16-/m0/s1. The number of aryl methyl sites for hydroxylation is 1. The molecule has 0 spiro atoms. The van der Waals surface area contributed by atoms with E-state index in [2.05, 4.69) is 75.8 Å². The molecule has 132 valence electrons. The molecule has 0 aromatic heterocycles. The maximum Gasteiger partial charge on any atom is 0.191 e. The van der Waals surface area contributed by atoms with E-state index in [4.69, 9.17) is 9.16 Å². The molecule has 0 aliphatic carbocycles. The molecule has 1 aromatic carbocycles. The smallest absolute Gasteiger partial charge is 0.191 e. The third-order valence-electron chi connectivity index (χ3n) is 4.69. The van der Waals surface area contributed by atoms with Gasteiger partial charge in [-0.25, -0.2) is 0 Å². The van der Waals surface area contributed by atoms with Gasteiger partial charge >= 0.3 is 0 Å². The molecule has 0 aliphatic rings. The largest absolute Gasteiger partial charge is 0.490 e. The van der Waals surface area contributed by atoms with Gasteiger partial charge in [0.1, 0.15) is 5.75 Å². The van der Waals surface area contributed by atoms with E-state index in [0.717, 1.165) is 36.1 Å². The Morgan fingerprint density at radius 3 is 2.43 bits per heavy atom. The summed E-state index contributed by atoms with van der Waals surface area (Å²) in [5, 5.41) is 0.293. The normalized spacial score (nSPS) is 13.9. The Bertz CT molecular complexity index is 495. The second-order valence-corrected chi connectivity index (χ2v) is 13.6. The molecule has 1 aromatic rings. The van der Waals surface area contributed by atoms with E-state index in [0.29, 0.717) is 5.04 Å². The lowest BCUT2D eigenvalue weighted by atomic mass is 10.2. The first-order valence-corrected chi connectivity index (χ1v) is 12.3. The summed E-state index contributed by atoms with van der Waals surface area (Å²) in [6, 6.07) is 6.21. The number of hydrogen-bond donors (Lipinski definition) is 0. The lowest BCUT2D eigenvalue weighted by Crippen LogP contribution is -2.40. The quantitative estimate of drug-likeness (QED) is 0.356. The van der Waals surface area contributed by atoms with Crippen LogP contribution in [0.2, 0.25) is 18.1 Å². The SMILES string of the molecule is Cc1ccc(Br)c(O[C@@H](C)CCCCO[Si](C)(C)C(C)(C)C)c1. The highest BCUT2D eigenvalue weighted by atomic mass is 79.9. The minimum absolute atomic E-state index is 0.223. The van der Waals surface area contributed by atoms with E-state index in [1.807, 2.05) is 6.07 Å². The highest BCUT2D eigenvalue weighted by Gasteiger charge is 2.36. The van der Waals surface area contributed by atoms with Crippen LogP contribution in [0, 0.1) is 6.92 Å². The van der Waals surface area contributed by atoms with Crippen molar-refractivity contribution < 1.29 is 9.16 Å². The number of hydrogen-bond acceptors (Lipinski definition) is 2. The summed E-state index contributed by atoms with van der Waals surface area (Å²) in [4.78, 5) is 0. The minimum atomic E-state index is -1.59. The van der Waals surface area contributed by atoms with Gasteiger partial charge in [0.15, 0.2) is 8.32 Å². The fourth-order valence-corrected chi connectivity index (χ4v) is 3.48. The fraction of sp³-hybridized carbons (Fsp3) is 0.684. The molecular weight excluding hydrogens is 368 g/mol. The van der Waals surface area contributed by atoms with E-state index in [9.17, 15) is 0 Å². The van der Waals surface area contributed by atoms with Crippen LogP contribution >= 0.6 is 15.9 Å². The van der Waals surface area contributed by atoms with Crippen LogP contribution in [-0.2, 0) is 4.43 Å². The molecule has 0 radical (unpaired) electrons. The Morgan fingerprint density at radius 1 is 1.17 bits per heavy atom. The molecule has 2 nitrogen and oxygen atoms in total. The van der Waals surface area contributed by atoms with Gasteiger partial charge in [-0.2, -0.15) is 0 Å². The molecule has 0 bridgehead atoms. The number of halogens is 1. The van der Waals surface area contributed by atoms with Crippen LogP contribution < -0.4 is 4.74 Å². The first-order valence-electron chi connectivity index (χ1n) is 8.60. The third kappa shape index (κ3) is 6.98. The van der Waals surface area contributed by atoms with Crippen LogP contribution in [0.15, 0.2) is 22.7 Å². The van der Waals surface area contributed by atoms with E-state index < -0.39 is 8.32 Å². The Balaban J connectivity index is 2.30. The summed E-state index contributed by atoms with van der Waals surface area (Å²) < 4.78 is 13.3. The molecule has 0 unspecified atom stereocenters. The molecule has 0 N–H and O–H groups in total. The zero-order chi connectivity index (χ0) is 17.7. The van der Waals surface area contributed by atoms with Crippen molar-refractivity contribution in [3.05, 3.63) is 28.2 Å². The average molecular weight is 401 g/mol. The Morgan fingerprint density at radius 2 is 1.83 bits per heavy atom. The Kier molecular flexibility index (Phi) is 7.82. The summed E-state index contributed by atoms with van der Waals surface area (Å²) in [7, 11) is -1.59. The topological polar surface area (TPSA) is 18.5 Å². The van der Waals surface area contributed by atoms with Crippen LogP contribution in [0.1, 0.15) is 52.5 Å². The van der Waals surface area contributed by atoms with Gasteiger partial charge in [-0.05, 0) is 84.9 Å². The molecular formula is C19H33BrO2Si. The van der Waals surface area contributed by atoms with E-state index in [-0.39, 0.29) is 6.10 Å². The zero-order valence-electron chi connectivity index (χ0n) is 15.8. The van der Waals surface area contributed by atoms with Gasteiger partial charge in [-0.15, -0.1) is 0 Å². The molecule has 0 fully saturated rings. The molecule has 1 rings (SSSR count). The molecule has 0 saturated heterocycles. The number of rotatable bonds is 8. The maximum atomic E-state index is 6.22. The number of benzene rings is 1. The molecule has 0 amide bonds. The van der Waals surface area contributed by atoms with Gasteiger partial charge in [0.2, 0.25) is 0 Å². The van der Waals surface area contributed by atoms with Crippen LogP contribution in [0.3, 0.4) is 0 Å². The Hall–Kier alpha value is -0.323. The lowest BCUT2D eigenvalue weighted by Gasteiger charge is -2.36. The first kappa shape index (κ1) is 20.7. The summed E-state index contributed by atoms with van der Waals surface area (Å²) in [6.07, 6.45) is 3.52. The second-order valence-electron chi connectivity index (χ2n) is 7.97. The van der Waals surface area contributed by atoms with Crippen LogP contribution in [0.5, 0.6) is 5.75 Å². The van der Waals surface area contributed by atoms with E-state index in [1.54, 1.807) is 0 Å². The van der Waals surface area contributed by atoms with Crippen molar-refractivity contribution in [1.29, 1.82) is 0 Å². The summed E-state index contributed by atoms with van der Waals surface area (Å²) in [6.45, 7) is 16.6. The monoisotopic (exact) mass is 400 g/mol. The first-order chi connectivity index (χ1) is 10.5. The molecule has 1 atom stereocenters. The fourth-order valence-electron chi connectivity index (χ4n) is 2.05. The van der Waals surface area contributed by atoms with Crippen molar-refractivity contribution in [3.63, 3.8) is 0 Å². The van der Waals surface area contributed by atoms with Crippen molar-refractivity contribution in [2.75, 3.05) is 6.61 Å². The zero-order valence-corrected chi connectivity index (χ0v) is 18.4. The van der Waals surface area contributed by atoms with Crippen molar-refractivity contribution in [2.24, 2.45) is 0 Å². The number of unbranched alkanes of at least 4 members (excludes halogenated alkanes) is 1. The van der Waals surface area contributed by atoms with Gasteiger partial charge in [-0.1, -0.05) is 26.8 Å². The lowest BCUT2D eigenvalue weighted by molar-refractivity contribution is 0.198. The van der Waals surface area contributed by atoms with Gasteiger partial charge in [0, 0.05) is 6.61 Å². The number of ether oxygens (including phenoxy) is 1. The molecule has 0 saturated carbocycles. The van der Waals surface area contributed by atoms with Gasteiger partial charge < -0.3 is 9.16 Å². The van der Waals surface area contributed by atoms with Crippen LogP contribution in [0.4, 0.5) is 0 Å². The minimum Gasteiger partial charge on any atom is -0.490 e. The van der Waals surface area contributed by atoms with Crippen molar-refractivity contribution >= 4 is 24.2 Å². The molecule has 23 heavy (non-hydrogen) atoms. The summed E-state index contributed by atoms with van der Waals surface area (Å²) >= 11 is 3.55.